The first-order valence-electron chi connectivity index (χ1n) is 7.62. The van der Waals surface area contributed by atoms with Crippen molar-refractivity contribution in [2.24, 2.45) is 0 Å². The predicted octanol–water partition coefficient (Wildman–Crippen LogP) is 1.79. The van der Waals surface area contributed by atoms with Gasteiger partial charge in [0.1, 0.15) is 0 Å². The van der Waals surface area contributed by atoms with Crippen LogP contribution in [0.4, 0.5) is 5.69 Å². The molecule has 6 heteroatoms. The number of piperidine rings is 1. The number of hydrogen-bond acceptors (Lipinski definition) is 4. The van der Waals surface area contributed by atoms with Gasteiger partial charge in [-0.05, 0) is 50.6 Å². The van der Waals surface area contributed by atoms with Gasteiger partial charge >= 0.3 is 0 Å². The van der Waals surface area contributed by atoms with Crippen LogP contribution in [-0.4, -0.2) is 41.0 Å². The van der Waals surface area contributed by atoms with Crippen molar-refractivity contribution in [3.8, 4) is 0 Å². The first-order valence-corrected chi connectivity index (χ1v) is 7.62. The molecule has 2 heterocycles. The van der Waals surface area contributed by atoms with Gasteiger partial charge in [0.25, 0.3) is 5.91 Å². The molecule has 1 aliphatic rings. The van der Waals surface area contributed by atoms with Crippen LogP contribution in [0.15, 0.2) is 30.5 Å². The van der Waals surface area contributed by atoms with Gasteiger partial charge in [0.15, 0.2) is 5.69 Å². The highest BCUT2D eigenvalue weighted by atomic mass is 16.2. The largest absolute Gasteiger partial charge is 0.317 e. The molecule has 1 N–H and O–H groups in total. The zero-order valence-corrected chi connectivity index (χ0v) is 13.0. The summed E-state index contributed by atoms with van der Waals surface area (Å²) in [7, 11) is 1.76. The maximum atomic E-state index is 12.6. The van der Waals surface area contributed by atoms with E-state index in [9.17, 15) is 4.79 Å². The molecule has 0 aliphatic carbocycles. The molecule has 0 saturated carbocycles. The highest BCUT2D eigenvalue weighted by Gasteiger charge is 2.21. The van der Waals surface area contributed by atoms with Crippen LogP contribution >= 0.6 is 0 Å². The van der Waals surface area contributed by atoms with Crippen LogP contribution in [0.3, 0.4) is 0 Å². The van der Waals surface area contributed by atoms with Crippen molar-refractivity contribution in [3.05, 3.63) is 41.7 Å². The highest BCUT2D eigenvalue weighted by Crippen LogP contribution is 2.19. The minimum Gasteiger partial charge on any atom is -0.317 e. The number of aryl methyl sites for hydroxylation is 1. The van der Waals surface area contributed by atoms with Crippen molar-refractivity contribution in [1.29, 1.82) is 0 Å². The Labute approximate surface area is 130 Å². The second kappa shape index (κ2) is 6.27. The van der Waals surface area contributed by atoms with E-state index < -0.39 is 0 Å². The SMILES string of the molecule is Cc1cccc(N(C)C(=O)c2cn(C3CCNCC3)nn2)c1. The lowest BCUT2D eigenvalue weighted by molar-refractivity contribution is 0.0988. The molecular weight excluding hydrogens is 278 g/mol. The number of amides is 1. The zero-order valence-electron chi connectivity index (χ0n) is 13.0. The molecule has 116 valence electrons. The van der Waals surface area contributed by atoms with E-state index >= 15 is 0 Å². The standard InChI is InChI=1S/C16H21N5O/c1-12-4-3-5-14(10-12)20(2)16(22)15-11-21(19-18-15)13-6-8-17-9-7-13/h3-5,10-11,13,17H,6-9H2,1-2H3. The minimum atomic E-state index is -0.134. The smallest absolute Gasteiger partial charge is 0.280 e. The summed E-state index contributed by atoms with van der Waals surface area (Å²) in [5.74, 6) is -0.134. The van der Waals surface area contributed by atoms with E-state index in [1.54, 1.807) is 18.1 Å². The number of carbonyl (C=O) groups is 1. The fourth-order valence-electron chi connectivity index (χ4n) is 2.75. The van der Waals surface area contributed by atoms with E-state index in [1.807, 2.05) is 35.9 Å². The van der Waals surface area contributed by atoms with E-state index in [0.717, 1.165) is 37.2 Å². The number of aromatic nitrogens is 3. The quantitative estimate of drug-likeness (QED) is 0.938. The first-order chi connectivity index (χ1) is 10.6. The Balaban J connectivity index is 1.76. The fourth-order valence-corrected chi connectivity index (χ4v) is 2.75. The maximum Gasteiger partial charge on any atom is 0.280 e. The minimum absolute atomic E-state index is 0.134. The van der Waals surface area contributed by atoms with Gasteiger partial charge < -0.3 is 10.2 Å². The number of rotatable bonds is 3. The van der Waals surface area contributed by atoms with Crippen LogP contribution < -0.4 is 10.2 Å². The summed E-state index contributed by atoms with van der Waals surface area (Å²) in [6.45, 7) is 3.98. The average molecular weight is 299 g/mol. The van der Waals surface area contributed by atoms with Crippen molar-refractivity contribution >= 4 is 11.6 Å². The van der Waals surface area contributed by atoms with Crippen LogP contribution in [0, 0.1) is 6.92 Å². The molecule has 1 aromatic heterocycles. The molecule has 1 saturated heterocycles. The molecule has 6 nitrogen and oxygen atoms in total. The second-order valence-electron chi connectivity index (χ2n) is 5.77. The molecular formula is C16H21N5O. The van der Waals surface area contributed by atoms with Gasteiger partial charge in [0, 0.05) is 12.7 Å². The van der Waals surface area contributed by atoms with Gasteiger partial charge in [0.05, 0.1) is 12.2 Å². The molecule has 0 atom stereocenters. The summed E-state index contributed by atoms with van der Waals surface area (Å²) in [5, 5.41) is 11.5. The molecule has 0 bridgehead atoms. The molecule has 2 aromatic rings. The molecule has 0 unspecified atom stereocenters. The number of carbonyl (C=O) groups excluding carboxylic acids is 1. The predicted molar refractivity (Wildman–Crippen MR) is 85.1 cm³/mol. The summed E-state index contributed by atoms with van der Waals surface area (Å²) in [6.07, 6.45) is 3.81. The number of anilines is 1. The van der Waals surface area contributed by atoms with Crippen LogP contribution in [0.5, 0.6) is 0 Å². The van der Waals surface area contributed by atoms with Crippen LogP contribution in [0.25, 0.3) is 0 Å². The molecule has 1 aromatic carbocycles. The highest BCUT2D eigenvalue weighted by molar-refractivity contribution is 6.04. The maximum absolute atomic E-state index is 12.6. The summed E-state index contributed by atoms with van der Waals surface area (Å²) >= 11 is 0. The Morgan fingerprint density at radius 3 is 2.86 bits per heavy atom. The van der Waals surface area contributed by atoms with Gasteiger partial charge in [-0.2, -0.15) is 0 Å². The normalized spacial score (nSPS) is 15.7. The monoisotopic (exact) mass is 299 g/mol. The molecule has 3 rings (SSSR count). The first kappa shape index (κ1) is 14.7. The lowest BCUT2D eigenvalue weighted by Gasteiger charge is -2.22. The summed E-state index contributed by atoms with van der Waals surface area (Å²) in [4.78, 5) is 14.2. The number of benzene rings is 1. The lowest BCUT2D eigenvalue weighted by Crippen LogP contribution is -2.29. The van der Waals surface area contributed by atoms with Gasteiger partial charge in [-0.15, -0.1) is 5.10 Å². The lowest BCUT2D eigenvalue weighted by atomic mass is 10.1. The third-order valence-corrected chi connectivity index (χ3v) is 4.11. The molecule has 1 aliphatic heterocycles. The van der Waals surface area contributed by atoms with E-state index in [2.05, 4.69) is 15.6 Å². The molecule has 1 amide bonds. The third-order valence-electron chi connectivity index (χ3n) is 4.11. The van der Waals surface area contributed by atoms with Crippen LogP contribution in [-0.2, 0) is 0 Å². The Hall–Kier alpha value is -2.21. The second-order valence-corrected chi connectivity index (χ2v) is 5.77. The Morgan fingerprint density at radius 2 is 2.14 bits per heavy atom. The van der Waals surface area contributed by atoms with Crippen LogP contribution in [0.2, 0.25) is 0 Å². The molecule has 0 radical (unpaired) electrons. The molecule has 22 heavy (non-hydrogen) atoms. The van der Waals surface area contributed by atoms with Crippen molar-refractivity contribution in [2.45, 2.75) is 25.8 Å². The fraction of sp³-hybridized carbons (Fsp3) is 0.438. The Kier molecular flexibility index (Phi) is 4.20. The third kappa shape index (κ3) is 3.01. The summed E-state index contributed by atoms with van der Waals surface area (Å²) in [5.41, 5.74) is 2.37. The average Bonchev–Trinajstić information content (AvgIpc) is 3.04. The topological polar surface area (TPSA) is 63.1 Å². The Morgan fingerprint density at radius 1 is 1.36 bits per heavy atom. The van der Waals surface area contributed by atoms with E-state index in [1.165, 1.54) is 0 Å². The van der Waals surface area contributed by atoms with E-state index in [0.29, 0.717) is 11.7 Å². The van der Waals surface area contributed by atoms with Gasteiger partial charge in [0.2, 0.25) is 0 Å². The number of nitrogens with one attached hydrogen (secondary N) is 1. The van der Waals surface area contributed by atoms with Crippen molar-refractivity contribution in [1.82, 2.24) is 20.3 Å². The number of hydrogen-bond donors (Lipinski definition) is 1. The van der Waals surface area contributed by atoms with Crippen molar-refractivity contribution < 1.29 is 4.79 Å². The van der Waals surface area contributed by atoms with Gasteiger partial charge in [-0.1, -0.05) is 17.3 Å². The Bertz CT molecular complexity index is 660. The van der Waals surface area contributed by atoms with E-state index in [4.69, 9.17) is 0 Å². The molecule has 1 fully saturated rings. The van der Waals surface area contributed by atoms with Gasteiger partial charge in [-0.25, -0.2) is 4.68 Å². The van der Waals surface area contributed by atoms with Crippen molar-refractivity contribution in [2.75, 3.05) is 25.0 Å². The van der Waals surface area contributed by atoms with Crippen LogP contribution in [0.1, 0.15) is 34.9 Å². The van der Waals surface area contributed by atoms with Crippen molar-refractivity contribution in [3.63, 3.8) is 0 Å². The summed E-state index contributed by atoms with van der Waals surface area (Å²) in [6, 6.07) is 8.19. The molecule has 0 spiro atoms. The summed E-state index contributed by atoms with van der Waals surface area (Å²) < 4.78 is 1.83. The van der Waals surface area contributed by atoms with E-state index in [-0.39, 0.29) is 5.91 Å². The van der Waals surface area contributed by atoms with Gasteiger partial charge in [-0.3, -0.25) is 4.79 Å². The zero-order chi connectivity index (χ0) is 15.5. The number of nitrogens with zero attached hydrogens (tertiary/aromatic N) is 4.